The summed E-state index contributed by atoms with van der Waals surface area (Å²) in [5.74, 6) is -0.967. The van der Waals surface area contributed by atoms with E-state index in [1.54, 1.807) is 36.1 Å². The number of carbonyl (C=O) groups is 3. The van der Waals surface area contributed by atoms with Gasteiger partial charge in [0.1, 0.15) is 0 Å². The van der Waals surface area contributed by atoms with Crippen LogP contribution in [0.2, 0.25) is 5.02 Å². The van der Waals surface area contributed by atoms with Crippen molar-refractivity contribution >= 4 is 29.3 Å². The molecule has 0 aliphatic rings. The lowest BCUT2D eigenvalue weighted by molar-refractivity contribution is -0.146. The summed E-state index contributed by atoms with van der Waals surface area (Å²) in [6, 6.07) is 6.60. The molecule has 0 saturated heterocycles. The first-order chi connectivity index (χ1) is 11.4. The number of carbonyl (C=O) groups excluding carboxylic acids is 3. The van der Waals surface area contributed by atoms with Crippen molar-refractivity contribution in [3.8, 4) is 0 Å². The van der Waals surface area contributed by atoms with Gasteiger partial charge in [-0.15, -0.1) is 0 Å². The van der Waals surface area contributed by atoms with Gasteiger partial charge in [-0.05, 0) is 30.7 Å². The van der Waals surface area contributed by atoms with Crippen LogP contribution in [0.3, 0.4) is 0 Å². The first kappa shape index (κ1) is 20.2. The molecule has 0 fully saturated rings. The second-order valence-electron chi connectivity index (χ2n) is 5.69. The van der Waals surface area contributed by atoms with Crippen LogP contribution in [0.15, 0.2) is 24.3 Å². The molecule has 0 N–H and O–H groups in total. The Bertz CT molecular complexity index is 571. The molecule has 0 bridgehead atoms. The Kier molecular flexibility index (Phi) is 8.47. The summed E-state index contributed by atoms with van der Waals surface area (Å²) in [7, 11) is 1.33. The first-order valence-electron chi connectivity index (χ1n) is 8.03. The molecule has 0 aliphatic carbocycles. The maximum Gasteiger partial charge on any atom is 0.310 e. The molecule has 1 atom stereocenters. The van der Waals surface area contributed by atoms with Gasteiger partial charge in [0.05, 0.1) is 13.0 Å². The molecule has 24 heavy (non-hydrogen) atoms. The fraction of sp³-hybridized carbons (Fsp3) is 0.500. The first-order valence-corrected chi connectivity index (χ1v) is 8.41. The monoisotopic (exact) mass is 353 g/mol. The molecular formula is C18H24ClNO4. The number of ether oxygens (including phenoxy) is 1. The molecule has 0 radical (unpaired) electrons. The van der Waals surface area contributed by atoms with Crippen molar-refractivity contribution in [3.63, 3.8) is 0 Å². The quantitative estimate of drug-likeness (QED) is 0.504. The van der Waals surface area contributed by atoms with E-state index in [-0.39, 0.29) is 30.5 Å². The molecule has 1 aromatic rings. The lowest BCUT2D eigenvalue weighted by atomic mass is 10.1. The van der Waals surface area contributed by atoms with E-state index in [1.807, 2.05) is 6.92 Å². The molecule has 132 valence electrons. The number of ketones is 1. The van der Waals surface area contributed by atoms with Crippen molar-refractivity contribution in [3.05, 3.63) is 34.9 Å². The van der Waals surface area contributed by atoms with E-state index in [2.05, 4.69) is 0 Å². The number of benzene rings is 1. The predicted molar refractivity (Wildman–Crippen MR) is 93.1 cm³/mol. The van der Waals surface area contributed by atoms with Crippen LogP contribution in [0.25, 0.3) is 0 Å². The maximum absolute atomic E-state index is 12.4. The Balaban J connectivity index is 2.59. The lowest BCUT2D eigenvalue weighted by Crippen LogP contribution is -2.37. The van der Waals surface area contributed by atoms with E-state index in [4.69, 9.17) is 16.3 Å². The Morgan fingerprint density at radius 3 is 2.33 bits per heavy atom. The summed E-state index contributed by atoms with van der Waals surface area (Å²) in [5.41, 5.74) is 0.539. The molecule has 1 aromatic carbocycles. The Morgan fingerprint density at radius 2 is 1.79 bits per heavy atom. The lowest BCUT2D eigenvalue weighted by Gasteiger charge is -2.24. The van der Waals surface area contributed by atoms with Crippen LogP contribution in [0, 0.1) is 5.92 Å². The van der Waals surface area contributed by atoms with Gasteiger partial charge in [0.25, 0.3) is 0 Å². The van der Waals surface area contributed by atoms with Crippen LogP contribution in [0.4, 0.5) is 0 Å². The van der Waals surface area contributed by atoms with E-state index in [0.717, 1.165) is 6.42 Å². The van der Waals surface area contributed by atoms with Crippen molar-refractivity contribution in [2.24, 2.45) is 5.92 Å². The number of amides is 1. The zero-order valence-electron chi connectivity index (χ0n) is 14.4. The van der Waals surface area contributed by atoms with Crippen molar-refractivity contribution in [2.75, 3.05) is 20.2 Å². The summed E-state index contributed by atoms with van der Waals surface area (Å²) in [5, 5.41) is 0.563. The second-order valence-corrected chi connectivity index (χ2v) is 6.13. The number of hydrogen-bond acceptors (Lipinski definition) is 4. The van der Waals surface area contributed by atoms with Gasteiger partial charge in [0.15, 0.2) is 5.78 Å². The zero-order valence-corrected chi connectivity index (χ0v) is 15.1. The standard InChI is InChI=1S/C18H24ClNO4/c1-4-11-20(12-13(2)18(23)24-3)17(22)10-9-16(21)14-5-7-15(19)8-6-14/h5-8,13H,4,9-12H2,1-3H3. The molecule has 0 aromatic heterocycles. The smallest absolute Gasteiger partial charge is 0.310 e. The largest absolute Gasteiger partial charge is 0.469 e. The van der Waals surface area contributed by atoms with Gasteiger partial charge in [0.2, 0.25) is 5.91 Å². The minimum atomic E-state index is -0.391. The third-order valence-electron chi connectivity index (χ3n) is 3.68. The van der Waals surface area contributed by atoms with Crippen LogP contribution in [-0.2, 0) is 14.3 Å². The van der Waals surface area contributed by atoms with E-state index in [0.29, 0.717) is 23.7 Å². The number of hydrogen-bond donors (Lipinski definition) is 0. The number of esters is 1. The summed E-state index contributed by atoms with van der Waals surface area (Å²) in [6.07, 6.45) is 1.04. The molecule has 1 unspecified atom stereocenters. The third-order valence-corrected chi connectivity index (χ3v) is 3.93. The van der Waals surface area contributed by atoms with E-state index >= 15 is 0 Å². The number of nitrogens with zero attached hydrogens (tertiary/aromatic N) is 1. The van der Waals surface area contributed by atoms with E-state index in [9.17, 15) is 14.4 Å². The average Bonchev–Trinajstić information content (AvgIpc) is 2.58. The van der Waals surface area contributed by atoms with Gasteiger partial charge in [-0.25, -0.2) is 0 Å². The van der Waals surface area contributed by atoms with Crippen LogP contribution in [-0.4, -0.2) is 42.8 Å². The highest BCUT2D eigenvalue weighted by Gasteiger charge is 2.21. The van der Waals surface area contributed by atoms with Crippen LogP contribution >= 0.6 is 11.6 Å². The minimum Gasteiger partial charge on any atom is -0.469 e. The van der Waals surface area contributed by atoms with Gasteiger partial charge in [0, 0.05) is 36.5 Å². The highest BCUT2D eigenvalue weighted by Crippen LogP contribution is 2.13. The number of Topliss-reactive ketones (excluding diaryl/α,β-unsaturated/α-hetero) is 1. The van der Waals surface area contributed by atoms with Gasteiger partial charge in [-0.2, -0.15) is 0 Å². The van der Waals surface area contributed by atoms with E-state index < -0.39 is 5.92 Å². The fourth-order valence-electron chi connectivity index (χ4n) is 2.35. The van der Waals surface area contributed by atoms with Crippen molar-refractivity contribution in [2.45, 2.75) is 33.1 Å². The molecule has 0 heterocycles. The minimum absolute atomic E-state index is 0.0996. The second kappa shape index (κ2) is 10.1. The zero-order chi connectivity index (χ0) is 18.1. The SMILES string of the molecule is CCCN(CC(C)C(=O)OC)C(=O)CCC(=O)c1ccc(Cl)cc1. The molecule has 6 heteroatoms. The van der Waals surface area contributed by atoms with Gasteiger partial charge >= 0.3 is 5.97 Å². The predicted octanol–water partition coefficient (Wildman–Crippen LogP) is 3.35. The molecule has 0 saturated carbocycles. The number of methoxy groups -OCH3 is 1. The van der Waals surface area contributed by atoms with Crippen LogP contribution in [0.1, 0.15) is 43.5 Å². The summed E-state index contributed by atoms with van der Waals surface area (Å²) < 4.78 is 4.69. The summed E-state index contributed by atoms with van der Waals surface area (Å²) in [6.45, 7) is 4.53. The number of rotatable bonds is 9. The van der Waals surface area contributed by atoms with Crippen molar-refractivity contribution < 1.29 is 19.1 Å². The van der Waals surface area contributed by atoms with Gasteiger partial charge in [-0.1, -0.05) is 25.4 Å². The molecule has 1 rings (SSSR count). The van der Waals surface area contributed by atoms with Crippen LogP contribution in [0.5, 0.6) is 0 Å². The van der Waals surface area contributed by atoms with Gasteiger partial charge in [-0.3, -0.25) is 14.4 Å². The fourth-order valence-corrected chi connectivity index (χ4v) is 2.48. The molecule has 0 spiro atoms. The Morgan fingerprint density at radius 1 is 1.17 bits per heavy atom. The molecule has 1 amide bonds. The van der Waals surface area contributed by atoms with Gasteiger partial charge < -0.3 is 9.64 Å². The molecular weight excluding hydrogens is 330 g/mol. The summed E-state index contributed by atoms with van der Waals surface area (Å²) in [4.78, 5) is 37.6. The highest BCUT2D eigenvalue weighted by molar-refractivity contribution is 6.30. The number of halogens is 1. The Hall–Kier alpha value is -1.88. The van der Waals surface area contributed by atoms with E-state index in [1.165, 1.54) is 7.11 Å². The maximum atomic E-state index is 12.4. The van der Waals surface area contributed by atoms with Crippen molar-refractivity contribution in [1.29, 1.82) is 0 Å². The average molecular weight is 354 g/mol. The van der Waals surface area contributed by atoms with Crippen molar-refractivity contribution in [1.82, 2.24) is 4.90 Å². The normalized spacial score (nSPS) is 11.7. The highest BCUT2D eigenvalue weighted by atomic mass is 35.5. The Labute approximate surface area is 147 Å². The third kappa shape index (κ3) is 6.32. The molecule has 5 nitrogen and oxygen atoms in total. The van der Waals surface area contributed by atoms with Crippen LogP contribution < -0.4 is 0 Å². The topological polar surface area (TPSA) is 63.7 Å². The molecule has 0 aliphatic heterocycles. The summed E-state index contributed by atoms with van der Waals surface area (Å²) >= 11 is 5.80.